The van der Waals surface area contributed by atoms with Gasteiger partial charge in [0.15, 0.2) is 6.29 Å². The molecule has 5 rings (SSSR count). The molecule has 3 aromatic carbocycles. The zero-order valence-electron chi connectivity index (χ0n) is 25.3. The van der Waals surface area contributed by atoms with Crippen LogP contribution in [0.5, 0.6) is 0 Å². The lowest BCUT2D eigenvalue weighted by Gasteiger charge is -2.36. The van der Waals surface area contributed by atoms with Crippen LogP contribution in [0.15, 0.2) is 84.0 Å². The van der Waals surface area contributed by atoms with E-state index in [1.165, 1.54) is 11.8 Å². The van der Waals surface area contributed by atoms with Crippen LogP contribution in [0, 0.1) is 0 Å². The quantitative estimate of drug-likeness (QED) is 0.0579. The third-order valence-corrected chi connectivity index (χ3v) is 8.63. The van der Waals surface area contributed by atoms with Crippen molar-refractivity contribution in [2.45, 2.75) is 75.2 Å². The summed E-state index contributed by atoms with van der Waals surface area (Å²) in [6.07, 6.45) is 3.07. The number of hydrogen-bond acceptors (Lipinski definition) is 10. The van der Waals surface area contributed by atoms with Crippen LogP contribution in [0.2, 0.25) is 0 Å². The average Bonchev–Trinajstić information content (AvgIpc) is 3.58. The molecule has 4 N–H and O–H groups in total. The number of para-hydroxylation sites is 1. The lowest BCUT2D eigenvalue weighted by molar-refractivity contribution is -0.245. The second-order valence-electron chi connectivity index (χ2n) is 11.0. The van der Waals surface area contributed by atoms with E-state index < -0.39 is 12.2 Å². The van der Waals surface area contributed by atoms with E-state index in [1.54, 1.807) is 10.2 Å². The minimum absolute atomic E-state index is 0.0329. The molecule has 2 amide bonds. The maximum Gasteiger partial charge on any atom is 0.243 e. The predicted molar refractivity (Wildman–Crippen MR) is 171 cm³/mol. The molecule has 1 aliphatic rings. The van der Waals surface area contributed by atoms with E-state index in [0.717, 1.165) is 35.2 Å². The topological polar surface area (TPSA) is 161 Å². The molecular weight excluding hydrogens is 608 g/mol. The van der Waals surface area contributed by atoms with Gasteiger partial charge >= 0.3 is 0 Å². The highest BCUT2D eigenvalue weighted by Gasteiger charge is 2.33. The Labute approximate surface area is 271 Å². The van der Waals surface area contributed by atoms with Gasteiger partial charge in [0, 0.05) is 36.3 Å². The van der Waals surface area contributed by atoms with Crippen molar-refractivity contribution in [1.29, 1.82) is 0 Å². The van der Waals surface area contributed by atoms with Crippen LogP contribution < -0.4 is 10.8 Å². The Morgan fingerprint density at radius 3 is 2.39 bits per heavy atom. The number of aromatic nitrogens is 4. The number of nitrogens with one attached hydrogen (secondary N) is 2. The van der Waals surface area contributed by atoms with E-state index in [1.807, 2.05) is 78.9 Å². The standard InChI is InChI=1S/C33H38N6O6S/c40-21-23-15-17-24(18-16-23)29-20-28(22-46-33-35-37-38-39(33)27-11-4-3-5-12-27)44-32(45-29)25-9-8-10-26(19-25)34-30(41)13-6-1-2-7-14-31(42)36-43/h3-5,8-12,15-19,28-29,32,40,43H,1-2,6-7,13-14,20-22H2,(H,34,41)(H,36,42)/t28-,29+,32+/m1/s1. The number of aliphatic hydroxyl groups excluding tert-OH is 1. The van der Waals surface area contributed by atoms with Gasteiger partial charge in [0.2, 0.25) is 17.0 Å². The maximum absolute atomic E-state index is 12.6. The molecule has 0 bridgehead atoms. The van der Waals surface area contributed by atoms with Crippen LogP contribution in [0.1, 0.15) is 74.0 Å². The molecule has 4 aromatic rings. The van der Waals surface area contributed by atoms with Crippen molar-refractivity contribution >= 4 is 29.3 Å². The summed E-state index contributed by atoms with van der Waals surface area (Å²) in [4.78, 5) is 23.8. The molecular formula is C33H38N6O6S. The van der Waals surface area contributed by atoms with Crippen LogP contribution >= 0.6 is 11.8 Å². The molecule has 0 spiro atoms. The Kier molecular flexibility index (Phi) is 12.3. The van der Waals surface area contributed by atoms with E-state index in [9.17, 15) is 14.7 Å². The number of aliphatic hydroxyl groups is 1. The van der Waals surface area contributed by atoms with E-state index in [-0.39, 0.29) is 31.1 Å². The first-order valence-corrected chi connectivity index (χ1v) is 16.3. The van der Waals surface area contributed by atoms with E-state index in [0.29, 0.717) is 42.3 Å². The van der Waals surface area contributed by atoms with Crippen LogP contribution in [0.25, 0.3) is 5.69 Å². The normalized spacial score (nSPS) is 17.8. The van der Waals surface area contributed by atoms with Crippen molar-refractivity contribution in [3.05, 3.63) is 95.6 Å². The fourth-order valence-electron chi connectivity index (χ4n) is 5.16. The number of tetrazole rings is 1. The highest BCUT2D eigenvalue weighted by atomic mass is 32.2. The van der Waals surface area contributed by atoms with Crippen LogP contribution in [0.4, 0.5) is 5.69 Å². The summed E-state index contributed by atoms with van der Waals surface area (Å²) in [6.45, 7) is -0.0329. The number of carbonyl (C=O) groups is 2. The van der Waals surface area contributed by atoms with Gasteiger partial charge < -0.3 is 19.9 Å². The molecule has 12 nitrogen and oxygen atoms in total. The van der Waals surface area contributed by atoms with Gasteiger partial charge in [0.25, 0.3) is 0 Å². The fourth-order valence-corrected chi connectivity index (χ4v) is 6.07. The Balaban J connectivity index is 1.23. The number of anilines is 1. The third kappa shape index (κ3) is 9.44. The van der Waals surface area contributed by atoms with Gasteiger partial charge in [-0.15, -0.1) is 5.10 Å². The monoisotopic (exact) mass is 646 g/mol. The molecule has 0 saturated carbocycles. The van der Waals surface area contributed by atoms with Crippen molar-refractivity contribution in [3.8, 4) is 5.69 Å². The molecule has 1 aliphatic heterocycles. The molecule has 1 fully saturated rings. The summed E-state index contributed by atoms with van der Waals surface area (Å²) in [5.41, 5.74) is 5.73. The van der Waals surface area contributed by atoms with Crippen molar-refractivity contribution in [1.82, 2.24) is 25.7 Å². The maximum atomic E-state index is 12.6. The molecule has 0 radical (unpaired) electrons. The molecule has 1 aromatic heterocycles. The van der Waals surface area contributed by atoms with Gasteiger partial charge in [0.1, 0.15) is 0 Å². The first-order valence-electron chi connectivity index (χ1n) is 15.3. The fraction of sp³-hybridized carbons (Fsp3) is 0.364. The lowest BCUT2D eigenvalue weighted by atomic mass is 10.0. The number of carbonyl (C=O) groups excluding carboxylic acids is 2. The first kappa shape index (κ1) is 33.2. The van der Waals surface area contributed by atoms with E-state index in [2.05, 4.69) is 20.8 Å². The number of hydroxylamine groups is 1. The molecule has 3 atom stereocenters. The molecule has 242 valence electrons. The highest BCUT2D eigenvalue weighted by molar-refractivity contribution is 7.99. The molecule has 46 heavy (non-hydrogen) atoms. The number of unbranched alkanes of at least 4 members (excludes halogenated alkanes) is 3. The zero-order valence-corrected chi connectivity index (χ0v) is 26.1. The zero-order chi connectivity index (χ0) is 32.1. The van der Waals surface area contributed by atoms with Crippen molar-refractivity contribution in [2.75, 3.05) is 11.1 Å². The van der Waals surface area contributed by atoms with Crippen LogP contribution in [-0.4, -0.2) is 54.2 Å². The predicted octanol–water partition coefficient (Wildman–Crippen LogP) is 5.28. The van der Waals surface area contributed by atoms with Crippen LogP contribution in [-0.2, 0) is 25.7 Å². The summed E-state index contributed by atoms with van der Waals surface area (Å²) in [7, 11) is 0. The Morgan fingerprint density at radius 1 is 0.891 bits per heavy atom. The summed E-state index contributed by atoms with van der Waals surface area (Å²) in [5.74, 6) is 0.0895. The average molecular weight is 647 g/mol. The molecule has 0 aliphatic carbocycles. The summed E-state index contributed by atoms with van der Waals surface area (Å²) in [5, 5.41) is 34.0. The molecule has 1 saturated heterocycles. The summed E-state index contributed by atoms with van der Waals surface area (Å²) >= 11 is 1.51. The Morgan fingerprint density at radius 2 is 1.65 bits per heavy atom. The molecule has 13 heteroatoms. The van der Waals surface area contributed by atoms with E-state index >= 15 is 0 Å². The van der Waals surface area contributed by atoms with Gasteiger partial charge in [-0.3, -0.25) is 14.8 Å². The second kappa shape index (κ2) is 17.0. The smallest absolute Gasteiger partial charge is 0.243 e. The summed E-state index contributed by atoms with van der Waals surface area (Å²) in [6, 6.07) is 24.9. The molecule has 2 heterocycles. The van der Waals surface area contributed by atoms with Gasteiger partial charge in [-0.05, 0) is 58.7 Å². The lowest BCUT2D eigenvalue weighted by Crippen LogP contribution is -2.31. The third-order valence-electron chi connectivity index (χ3n) is 7.58. The van der Waals surface area contributed by atoms with Crippen molar-refractivity contribution < 1.29 is 29.4 Å². The van der Waals surface area contributed by atoms with Crippen molar-refractivity contribution in [3.63, 3.8) is 0 Å². The van der Waals surface area contributed by atoms with Gasteiger partial charge in [-0.2, -0.15) is 4.68 Å². The SMILES string of the molecule is O=C(CCCCCCC(=O)Nc1cccc([C@H]2O[C@@H](CSc3nnnn3-c3ccccc3)C[C@@H](c3ccc(CO)cc3)O2)c1)NO. The Hall–Kier alpha value is -4.14. The number of hydrogen-bond donors (Lipinski definition) is 4. The molecule has 0 unspecified atom stereocenters. The number of amides is 2. The highest BCUT2D eigenvalue weighted by Crippen LogP contribution is 2.40. The van der Waals surface area contributed by atoms with Gasteiger partial charge in [-0.1, -0.05) is 79.2 Å². The second-order valence-corrected chi connectivity index (χ2v) is 12.0. The number of rotatable bonds is 15. The van der Waals surface area contributed by atoms with Crippen LogP contribution in [0.3, 0.4) is 0 Å². The number of thioether (sulfide) groups is 1. The Bertz CT molecular complexity index is 1550. The van der Waals surface area contributed by atoms with Gasteiger partial charge in [0.05, 0.1) is 24.5 Å². The largest absolute Gasteiger partial charge is 0.392 e. The summed E-state index contributed by atoms with van der Waals surface area (Å²) < 4.78 is 14.7. The number of benzene rings is 3. The minimum atomic E-state index is -0.681. The van der Waals surface area contributed by atoms with Gasteiger partial charge in [-0.25, -0.2) is 5.48 Å². The first-order chi connectivity index (χ1) is 22.5. The van der Waals surface area contributed by atoms with E-state index in [4.69, 9.17) is 14.7 Å². The van der Waals surface area contributed by atoms with Crippen molar-refractivity contribution in [2.24, 2.45) is 0 Å². The minimum Gasteiger partial charge on any atom is -0.392 e. The number of nitrogens with zero attached hydrogens (tertiary/aromatic N) is 4. The number of ether oxygens (including phenoxy) is 2.